The number of carbonyl (C=O) groups is 1. The molecule has 7 nitrogen and oxygen atoms in total. The average Bonchev–Trinajstić information content (AvgIpc) is 2.94. The summed E-state index contributed by atoms with van der Waals surface area (Å²) in [6.07, 6.45) is 4.03. The van der Waals surface area contributed by atoms with Crippen LogP contribution in [-0.4, -0.2) is 32.4 Å². The van der Waals surface area contributed by atoms with E-state index in [9.17, 15) is 17.6 Å². The van der Waals surface area contributed by atoms with E-state index in [1.165, 1.54) is 31.2 Å². The van der Waals surface area contributed by atoms with Crippen molar-refractivity contribution in [2.45, 2.75) is 37.5 Å². The second-order valence-electron chi connectivity index (χ2n) is 6.97. The van der Waals surface area contributed by atoms with Crippen molar-refractivity contribution in [2.24, 2.45) is 5.14 Å². The van der Waals surface area contributed by atoms with Gasteiger partial charge in [0.25, 0.3) is 5.91 Å². The SMILES string of the molecule is Cc1c(F)c(Cl)nc(N2CCCCCC2)c1C(=O)Nc1cccc(S(N)(=O)=O)c1. The van der Waals surface area contributed by atoms with Gasteiger partial charge in [0.1, 0.15) is 5.82 Å². The van der Waals surface area contributed by atoms with Gasteiger partial charge in [-0.05, 0) is 38.0 Å². The van der Waals surface area contributed by atoms with Crippen molar-refractivity contribution in [1.82, 2.24) is 4.98 Å². The van der Waals surface area contributed by atoms with Crippen molar-refractivity contribution in [1.29, 1.82) is 0 Å². The lowest BCUT2D eigenvalue weighted by atomic mass is 10.1. The second-order valence-corrected chi connectivity index (χ2v) is 8.89. The van der Waals surface area contributed by atoms with Crippen LogP contribution in [0.4, 0.5) is 15.9 Å². The number of sulfonamides is 1. The van der Waals surface area contributed by atoms with E-state index in [2.05, 4.69) is 10.3 Å². The molecule has 1 saturated heterocycles. The molecule has 3 rings (SSSR count). The molecule has 1 amide bonds. The van der Waals surface area contributed by atoms with Crippen LogP contribution in [0.3, 0.4) is 0 Å². The summed E-state index contributed by atoms with van der Waals surface area (Å²) in [7, 11) is -3.92. The van der Waals surface area contributed by atoms with Crippen molar-refractivity contribution in [2.75, 3.05) is 23.3 Å². The Morgan fingerprint density at radius 2 is 1.90 bits per heavy atom. The molecule has 1 fully saturated rings. The molecule has 0 aliphatic carbocycles. The third-order valence-electron chi connectivity index (χ3n) is 4.87. The number of pyridine rings is 1. The van der Waals surface area contributed by atoms with E-state index in [1.54, 1.807) is 0 Å². The first kappa shape index (κ1) is 21.5. The van der Waals surface area contributed by atoms with Crippen LogP contribution < -0.4 is 15.4 Å². The van der Waals surface area contributed by atoms with Crippen molar-refractivity contribution in [3.63, 3.8) is 0 Å². The zero-order chi connectivity index (χ0) is 21.2. The maximum Gasteiger partial charge on any atom is 0.259 e. The summed E-state index contributed by atoms with van der Waals surface area (Å²) in [6, 6.07) is 5.54. The zero-order valence-electron chi connectivity index (χ0n) is 15.9. The number of carbonyl (C=O) groups excluding carboxylic acids is 1. The number of nitrogens with zero attached hydrogens (tertiary/aromatic N) is 2. The fraction of sp³-hybridized carbons (Fsp3) is 0.368. The van der Waals surface area contributed by atoms with Gasteiger partial charge in [0.2, 0.25) is 10.0 Å². The number of hydrogen-bond donors (Lipinski definition) is 2. The van der Waals surface area contributed by atoms with E-state index in [0.717, 1.165) is 25.7 Å². The number of halogens is 2. The Bertz CT molecular complexity index is 1040. The molecule has 0 bridgehead atoms. The lowest BCUT2D eigenvalue weighted by Crippen LogP contribution is -2.29. The first-order chi connectivity index (χ1) is 13.7. The second kappa shape index (κ2) is 8.64. The van der Waals surface area contributed by atoms with Crippen LogP contribution in [0.2, 0.25) is 5.15 Å². The van der Waals surface area contributed by atoms with Gasteiger partial charge in [0, 0.05) is 24.3 Å². The molecule has 3 N–H and O–H groups in total. The number of hydrogen-bond acceptors (Lipinski definition) is 5. The Labute approximate surface area is 174 Å². The smallest absolute Gasteiger partial charge is 0.259 e. The number of nitrogens with two attached hydrogens (primary N) is 1. The molecule has 1 aliphatic heterocycles. The van der Waals surface area contributed by atoms with Crippen molar-refractivity contribution < 1.29 is 17.6 Å². The third-order valence-corrected chi connectivity index (χ3v) is 6.03. The Balaban J connectivity index is 2.00. The summed E-state index contributed by atoms with van der Waals surface area (Å²) in [4.78, 5) is 19.0. The molecular weight excluding hydrogens is 419 g/mol. The van der Waals surface area contributed by atoms with Crippen molar-refractivity contribution in [3.05, 3.63) is 46.4 Å². The topological polar surface area (TPSA) is 105 Å². The minimum atomic E-state index is -3.92. The molecule has 0 saturated carbocycles. The number of benzene rings is 1. The van der Waals surface area contributed by atoms with Gasteiger partial charge in [-0.15, -0.1) is 0 Å². The van der Waals surface area contributed by atoms with E-state index in [0.29, 0.717) is 18.9 Å². The van der Waals surface area contributed by atoms with Gasteiger partial charge < -0.3 is 10.2 Å². The molecule has 29 heavy (non-hydrogen) atoms. The molecular formula is C19H22ClFN4O3S. The first-order valence-corrected chi connectivity index (χ1v) is 11.2. The number of aromatic nitrogens is 1. The molecule has 10 heteroatoms. The van der Waals surface area contributed by atoms with Gasteiger partial charge in [0.15, 0.2) is 11.0 Å². The minimum absolute atomic E-state index is 0.0785. The molecule has 0 spiro atoms. The van der Waals surface area contributed by atoms with Gasteiger partial charge >= 0.3 is 0 Å². The number of anilines is 2. The lowest BCUT2D eigenvalue weighted by molar-refractivity contribution is 0.102. The lowest BCUT2D eigenvalue weighted by Gasteiger charge is -2.25. The van der Waals surface area contributed by atoms with Gasteiger partial charge in [-0.1, -0.05) is 30.5 Å². The Kier molecular flexibility index (Phi) is 6.40. The fourth-order valence-electron chi connectivity index (χ4n) is 3.36. The zero-order valence-corrected chi connectivity index (χ0v) is 17.5. The highest BCUT2D eigenvalue weighted by molar-refractivity contribution is 7.89. The van der Waals surface area contributed by atoms with Crippen molar-refractivity contribution >= 4 is 39.0 Å². The summed E-state index contributed by atoms with van der Waals surface area (Å²) in [5.74, 6) is -1.03. The Hall–Kier alpha value is -2.23. The van der Waals surface area contributed by atoms with Gasteiger partial charge in [-0.25, -0.2) is 22.9 Å². The van der Waals surface area contributed by atoms with E-state index in [-0.39, 0.29) is 26.9 Å². The van der Waals surface area contributed by atoms with E-state index in [4.69, 9.17) is 16.7 Å². The van der Waals surface area contributed by atoms with Gasteiger partial charge in [0.05, 0.1) is 10.5 Å². The molecule has 2 aromatic rings. The molecule has 1 aliphatic rings. The maximum atomic E-state index is 14.4. The molecule has 2 heterocycles. The standard InChI is InChI=1S/C19H22ClFN4O3S/c1-12-15(19(26)23-13-7-6-8-14(11-13)29(22,27)28)18(24-17(20)16(12)21)25-9-4-2-3-5-10-25/h6-8,11H,2-5,9-10H2,1H3,(H,23,26)(H2,22,27,28). The van der Waals surface area contributed by atoms with Gasteiger partial charge in [-0.3, -0.25) is 4.79 Å². The van der Waals surface area contributed by atoms with Crippen LogP contribution in [0.15, 0.2) is 29.2 Å². The monoisotopic (exact) mass is 440 g/mol. The normalized spacial score (nSPS) is 15.1. The Morgan fingerprint density at radius 3 is 2.52 bits per heavy atom. The van der Waals surface area contributed by atoms with Crippen LogP contribution >= 0.6 is 11.6 Å². The predicted octanol–water partition coefficient (Wildman–Crippen LogP) is 3.46. The minimum Gasteiger partial charge on any atom is -0.356 e. The highest BCUT2D eigenvalue weighted by Gasteiger charge is 2.26. The maximum absolute atomic E-state index is 14.4. The van der Waals surface area contributed by atoms with E-state index < -0.39 is 21.7 Å². The summed E-state index contributed by atoms with van der Waals surface area (Å²) in [5.41, 5.74) is 0.386. The van der Waals surface area contributed by atoms with Crippen molar-refractivity contribution in [3.8, 4) is 0 Å². The van der Waals surface area contributed by atoms with Crippen LogP contribution in [-0.2, 0) is 10.0 Å². The number of primary sulfonamides is 1. The quantitative estimate of drug-likeness (QED) is 0.708. The summed E-state index contributed by atoms with van der Waals surface area (Å²) in [5, 5.41) is 7.48. The molecule has 156 valence electrons. The summed E-state index contributed by atoms with van der Waals surface area (Å²) in [6.45, 7) is 2.85. The molecule has 0 radical (unpaired) electrons. The van der Waals surface area contributed by atoms with Crippen LogP contribution in [0, 0.1) is 12.7 Å². The summed E-state index contributed by atoms with van der Waals surface area (Å²) >= 11 is 5.96. The summed E-state index contributed by atoms with van der Waals surface area (Å²) < 4.78 is 37.6. The Morgan fingerprint density at radius 1 is 1.24 bits per heavy atom. The van der Waals surface area contributed by atoms with E-state index in [1.807, 2.05) is 4.90 Å². The molecule has 0 atom stereocenters. The highest BCUT2D eigenvalue weighted by atomic mass is 35.5. The highest BCUT2D eigenvalue weighted by Crippen LogP contribution is 2.30. The molecule has 0 unspecified atom stereocenters. The number of nitrogens with one attached hydrogen (secondary N) is 1. The first-order valence-electron chi connectivity index (χ1n) is 9.23. The van der Waals surface area contributed by atoms with Gasteiger partial charge in [-0.2, -0.15) is 0 Å². The fourth-order valence-corrected chi connectivity index (χ4v) is 4.14. The van der Waals surface area contributed by atoms with Crippen LogP contribution in [0.25, 0.3) is 0 Å². The average molecular weight is 441 g/mol. The molecule has 1 aromatic carbocycles. The predicted molar refractivity (Wildman–Crippen MR) is 110 cm³/mol. The van der Waals surface area contributed by atoms with E-state index >= 15 is 0 Å². The largest absolute Gasteiger partial charge is 0.356 e. The molecule has 1 aromatic heterocycles. The van der Waals surface area contributed by atoms with Crippen LogP contribution in [0.5, 0.6) is 0 Å². The number of rotatable bonds is 4. The number of amides is 1. The van der Waals surface area contributed by atoms with Crippen LogP contribution in [0.1, 0.15) is 41.6 Å². The third kappa shape index (κ3) is 4.85.